The van der Waals surface area contributed by atoms with Gasteiger partial charge in [0.2, 0.25) is 11.8 Å². The van der Waals surface area contributed by atoms with Crippen LogP contribution in [-0.2, 0) is 11.2 Å². The Morgan fingerprint density at radius 1 is 1.19 bits per heavy atom. The molecule has 0 aliphatic carbocycles. The molecule has 7 nitrogen and oxygen atoms in total. The minimum Gasteiger partial charge on any atom is -0.421 e. The van der Waals surface area contributed by atoms with E-state index in [1.807, 2.05) is 24.8 Å². The van der Waals surface area contributed by atoms with E-state index >= 15 is 0 Å². The molecule has 0 spiro atoms. The van der Waals surface area contributed by atoms with Gasteiger partial charge in [-0.1, -0.05) is 13.8 Å². The molecule has 2 saturated heterocycles. The minimum absolute atomic E-state index is 0.00249. The van der Waals surface area contributed by atoms with Gasteiger partial charge in [-0.05, 0) is 62.0 Å². The second kappa shape index (κ2) is 8.78. The van der Waals surface area contributed by atoms with Gasteiger partial charge in [-0.25, -0.2) is 4.98 Å². The zero-order chi connectivity index (χ0) is 25.3. The van der Waals surface area contributed by atoms with Crippen molar-refractivity contribution >= 4 is 39.0 Å². The summed E-state index contributed by atoms with van der Waals surface area (Å²) in [6, 6.07) is 4.26. The second-order valence-electron chi connectivity index (χ2n) is 11.0. The van der Waals surface area contributed by atoms with Crippen LogP contribution < -0.4 is 5.73 Å². The molecule has 4 aromatic rings. The Kier molecular flexibility index (Phi) is 5.60. The Balaban J connectivity index is 1.45. The lowest BCUT2D eigenvalue weighted by molar-refractivity contribution is 0.00716. The van der Waals surface area contributed by atoms with Crippen LogP contribution in [0.4, 0.5) is 5.82 Å². The highest BCUT2D eigenvalue weighted by atomic mass is 32.2. The lowest BCUT2D eigenvalue weighted by atomic mass is 9.84. The monoisotopic (exact) mass is 533 g/mol. The molecule has 2 fully saturated rings. The Hall–Kier alpha value is -2.49. The second-order valence-corrected chi connectivity index (χ2v) is 13.1. The van der Waals surface area contributed by atoms with E-state index in [-0.39, 0.29) is 5.60 Å². The minimum atomic E-state index is -0.00249. The molecule has 9 heteroatoms. The standard InChI is InChI=1S/C28H31N5O2S2/c1-14(2)18-13-36-25-22(20-12-16-7-11-30-26(29)24(16)37-20)21(27-33-32-15(3)34-27)19(31-23(18)25)6-10-28-8-4-17(35-28)5-9-28/h7,11-12,14,17-18H,4-6,8-10,13H2,1-3H3,(H2,29,30). The van der Waals surface area contributed by atoms with Crippen molar-refractivity contribution in [2.75, 3.05) is 11.5 Å². The summed E-state index contributed by atoms with van der Waals surface area (Å²) < 4.78 is 13.6. The summed E-state index contributed by atoms with van der Waals surface area (Å²) >= 11 is 3.59. The first-order chi connectivity index (χ1) is 17.9. The van der Waals surface area contributed by atoms with Gasteiger partial charge in [-0.2, -0.15) is 0 Å². The molecule has 0 aromatic carbocycles. The number of thioether (sulfide) groups is 1. The van der Waals surface area contributed by atoms with Crippen molar-refractivity contribution in [3.05, 3.63) is 35.6 Å². The summed E-state index contributed by atoms with van der Waals surface area (Å²) in [6.45, 7) is 6.44. The largest absolute Gasteiger partial charge is 0.421 e. The van der Waals surface area contributed by atoms with Crippen molar-refractivity contribution in [3.8, 4) is 21.9 Å². The van der Waals surface area contributed by atoms with Gasteiger partial charge in [0.1, 0.15) is 5.82 Å². The van der Waals surface area contributed by atoms with Crippen LogP contribution in [0.25, 0.3) is 32.0 Å². The zero-order valence-electron chi connectivity index (χ0n) is 21.4. The van der Waals surface area contributed by atoms with E-state index in [9.17, 15) is 0 Å². The Bertz CT molecular complexity index is 1500. The van der Waals surface area contributed by atoms with Crippen molar-refractivity contribution in [3.63, 3.8) is 0 Å². The summed E-state index contributed by atoms with van der Waals surface area (Å²) in [6.07, 6.45) is 8.68. The third-order valence-corrected chi connectivity index (χ3v) is 10.8. The number of fused-ring (bicyclic) bond motifs is 4. The predicted octanol–water partition coefficient (Wildman–Crippen LogP) is 6.79. The molecule has 2 bridgehead atoms. The number of aryl methyl sites for hydroxylation is 2. The summed E-state index contributed by atoms with van der Waals surface area (Å²) in [5, 5.41) is 9.82. The maximum Gasteiger partial charge on any atom is 0.250 e. The van der Waals surface area contributed by atoms with Gasteiger partial charge in [0.05, 0.1) is 33.4 Å². The summed E-state index contributed by atoms with van der Waals surface area (Å²) in [5.74, 6) is 3.62. The molecular formula is C28H31N5O2S2. The number of hydrogen-bond donors (Lipinski definition) is 1. The van der Waals surface area contributed by atoms with Gasteiger partial charge in [0.15, 0.2) is 0 Å². The van der Waals surface area contributed by atoms with Gasteiger partial charge in [0.25, 0.3) is 0 Å². The molecule has 0 amide bonds. The average Bonchev–Trinajstić information content (AvgIpc) is 3.70. The summed E-state index contributed by atoms with van der Waals surface area (Å²) in [7, 11) is 0. The molecule has 1 unspecified atom stereocenters. The molecule has 7 rings (SSSR count). The molecule has 3 aliphatic rings. The highest BCUT2D eigenvalue weighted by Gasteiger charge is 2.46. The van der Waals surface area contributed by atoms with Gasteiger partial charge < -0.3 is 14.9 Å². The normalized spacial score (nSPS) is 24.5. The number of thiophene rings is 1. The van der Waals surface area contributed by atoms with Crippen LogP contribution in [0.5, 0.6) is 0 Å². The van der Waals surface area contributed by atoms with Crippen molar-refractivity contribution in [1.29, 1.82) is 0 Å². The molecule has 3 aliphatic heterocycles. The number of anilines is 1. The SMILES string of the molecule is Cc1nnc(-c2c(CCC34CCC(CC3)O4)nc3c(c2-c2cc4ccnc(N)c4s2)SCC3C(C)C)o1. The average molecular weight is 534 g/mol. The van der Waals surface area contributed by atoms with E-state index in [4.69, 9.17) is 19.9 Å². The van der Waals surface area contributed by atoms with Gasteiger partial charge >= 0.3 is 0 Å². The van der Waals surface area contributed by atoms with Crippen LogP contribution in [0.2, 0.25) is 0 Å². The van der Waals surface area contributed by atoms with E-state index < -0.39 is 0 Å². The third kappa shape index (κ3) is 3.89. The van der Waals surface area contributed by atoms with Crippen LogP contribution >= 0.6 is 23.1 Å². The molecule has 4 aromatic heterocycles. The number of nitrogen functional groups attached to an aromatic ring is 1. The molecule has 1 atom stereocenters. The number of ether oxygens (including phenoxy) is 1. The van der Waals surface area contributed by atoms with E-state index in [0.717, 1.165) is 63.2 Å². The quantitative estimate of drug-likeness (QED) is 0.289. The fraction of sp³-hybridized carbons (Fsp3) is 0.500. The molecule has 37 heavy (non-hydrogen) atoms. The molecule has 192 valence electrons. The van der Waals surface area contributed by atoms with Crippen LogP contribution in [0.3, 0.4) is 0 Å². The maximum atomic E-state index is 6.45. The van der Waals surface area contributed by atoms with Crippen LogP contribution in [0.1, 0.15) is 69.1 Å². The number of hydrogen-bond acceptors (Lipinski definition) is 9. The topological polar surface area (TPSA) is 100.0 Å². The van der Waals surface area contributed by atoms with Crippen molar-refractivity contribution in [2.45, 2.75) is 81.8 Å². The number of nitrogens with zero attached hydrogens (tertiary/aromatic N) is 4. The van der Waals surface area contributed by atoms with Crippen molar-refractivity contribution in [1.82, 2.24) is 20.2 Å². The maximum absolute atomic E-state index is 6.45. The Morgan fingerprint density at radius 2 is 2.03 bits per heavy atom. The van der Waals surface area contributed by atoms with E-state index in [1.165, 1.54) is 23.4 Å². The van der Waals surface area contributed by atoms with Crippen LogP contribution in [-0.4, -0.2) is 37.6 Å². The number of aromatic nitrogens is 4. The number of rotatable bonds is 6. The highest BCUT2D eigenvalue weighted by molar-refractivity contribution is 7.99. The lowest BCUT2D eigenvalue weighted by Crippen LogP contribution is -2.25. The van der Waals surface area contributed by atoms with Crippen LogP contribution in [0, 0.1) is 12.8 Å². The first kappa shape index (κ1) is 23.6. The number of nitrogens with two attached hydrogens (primary N) is 1. The molecule has 0 saturated carbocycles. The lowest BCUT2D eigenvalue weighted by Gasteiger charge is -2.25. The van der Waals surface area contributed by atoms with Gasteiger partial charge in [-0.15, -0.1) is 33.3 Å². The van der Waals surface area contributed by atoms with E-state index in [2.05, 4.69) is 35.1 Å². The first-order valence-corrected chi connectivity index (χ1v) is 15.0. The van der Waals surface area contributed by atoms with Crippen LogP contribution in [0.15, 0.2) is 27.6 Å². The van der Waals surface area contributed by atoms with E-state index in [1.54, 1.807) is 17.5 Å². The summed E-state index contributed by atoms with van der Waals surface area (Å²) in [4.78, 5) is 12.1. The van der Waals surface area contributed by atoms with Crippen molar-refractivity contribution in [2.24, 2.45) is 5.92 Å². The van der Waals surface area contributed by atoms with Gasteiger partial charge in [-0.3, -0.25) is 4.98 Å². The number of pyridine rings is 2. The zero-order valence-corrected chi connectivity index (χ0v) is 23.0. The summed E-state index contributed by atoms with van der Waals surface area (Å²) in [5.41, 5.74) is 10.7. The molecule has 7 heterocycles. The fourth-order valence-corrected chi connectivity index (χ4v) is 9.08. The molecular weight excluding hydrogens is 502 g/mol. The first-order valence-electron chi connectivity index (χ1n) is 13.2. The highest BCUT2D eigenvalue weighted by Crippen LogP contribution is 2.53. The Morgan fingerprint density at radius 3 is 2.70 bits per heavy atom. The Labute approximate surface area is 224 Å². The molecule has 2 N–H and O–H groups in total. The van der Waals surface area contributed by atoms with Crippen molar-refractivity contribution < 1.29 is 9.15 Å². The van der Waals surface area contributed by atoms with E-state index in [0.29, 0.717) is 35.5 Å². The third-order valence-electron chi connectivity index (χ3n) is 8.34. The fourth-order valence-electron chi connectivity index (χ4n) is 6.31. The molecule has 0 radical (unpaired) electrons. The smallest absolute Gasteiger partial charge is 0.250 e. The predicted molar refractivity (Wildman–Crippen MR) is 148 cm³/mol. The van der Waals surface area contributed by atoms with Gasteiger partial charge in [0, 0.05) is 40.1 Å².